The van der Waals surface area contributed by atoms with Gasteiger partial charge >= 0.3 is 0 Å². The quantitative estimate of drug-likeness (QED) is 0.882. The van der Waals surface area contributed by atoms with E-state index in [1.807, 2.05) is 36.4 Å². The van der Waals surface area contributed by atoms with Crippen molar-refractivity contribution in [2.24, 2.45) is 0 Å². The number of rotatable bonds is 5. The van der Waals surface area contributed by atoms with Crippen molar-refractivity contribution in [2.45, 2.75) is 19.1 Å². The van der Waals surface area contributed by atoms with Crippen molar-refractivity contribution >= 4 is 11.6 Å². The Hall–Kier alpha value is -1.42. The third-order valence-corrected chi connectivity index (χ3v) is 3.31. The monoisotopic (exact) mass is 276 g/mol. The van der Waals surface area contributed by atoms with Crippen LogP contribution in [-0.2, 0) is 0 Å². The molecule has 2 aromatic rings. The van der Waals surface area contributed by atoms with Crippen molar-refractivity contribution in [1.29, 1.82) is 0 Å². The molecule has 0 aliphatic heterocycles. The van der Waals surface area contributed by atoms with E-state index in [9.17, 15) is 5.11 Å². The molecule has 2 rings (SSSR count). The third kappa shape index (κ3) is 4.03. The summed E-state index contributed by atoms with van der Waals surface area (Å²) < 4.78 is 0. The molecule has 0 saturated carbocycles. The maximum absolute atomic E-state index is 10.0. The lowest BCUT2D eigenvalue weighted by molar-refractivity contribution is 0.170. The van der Waals surface area contributed by atoms with Crippen molar-refractivity contribution in [2.75, 3.05) is 6.54 Å². The van der Waals surface area contributed by atoms with E-state index in [-0.39, 0.29) is 6.04 Å². The van der Waals surface area contributed by atoms with E-state index in [0.29, 0.717) is 6.54 Å². The fraction of sp³-hybridized carbons (Fsp3) is 0.267. The molecule has 100 valence electrons. The second-order valence-electron chi connectivity index (χ2n) is 4.48. The highest BCUT2D eigenvalue weighted by Gasteiger charge is 2.10. The van der Waals surface area contributed by atoms with Gasteiger partial charge < -0.3 is 10.4 Å². The number of aliphatic hydroxyl groups excluding tert-OH is 1. The van der Waals surface area contributed by atoms with E-state index >= 15 is 0 Å². The van der Waals surface area contributed by atoms with E-state index in [1.54, 1.807) is 12.4 Å². The van der Waals surface area contributed by atoms with Crippen LogP contribution in [0.5, 0.6) is 0 Å². The normalized spacial score (nSPS) is 14.1. The lowest BCUT2D eigenvalue weighted by Gasteiger charge is -2.17. The van der Waals surface area contributed by atoms with E-state index in [1.165, 1.54) is 0 Å². The van der Waals surface area contributed by atoms with Crippen LogP contribution in [0.25, 0.3) is 0 Å². The van der Waals surface area contributed by atoms with Gasteiger partial charge in [0.2, 0.25) is 0 Å². The molecule has 1 heterocycles. The summed E-state index contributed by atoms with van der Waals surface area (Å²) in [6, 6.07) is 11.5. The molecule has 3 nitrogen and oxygen atoms in total. The number of hydrogen-bond donors (Lipinski definition) is 2. The summed E-state index contributed by atoms with van der Waals surface area (Å²) in [6.07, 6.45) is 2.82. The molecule has 0 spiro atoms. The Kier molecular flexibility index (Phi) is 4.91. The zero-order valence-corrected chi connectivity index (χ0v) is 11.5. The van der Waals surface area contributed by atoms with E-state index in [4.69, 9.17) is 11.6 Å². The predicted molar refractivity (Wildman–Crippen MR) is 77.1 cm³/mol. The summed E-state index contributed by atoms with van der Waals surface area (Å²) >= 11 is 5.86. The molecule has 2 N–H and O–H groups in total. The first-order valence-electron chi connectivity index (χ1n) is 6.23. The minimum absolute atomic E-state index is 0.156. The molecule has 0 bridgehead atoms. The highest BCUT2D eigenvalue weighted by atomic mass is 35.5. The van der Waals surface area contributed by atoms with Gasteiger partial charge in [-0.25, -0.2) is 0 Å². The van der Waals surface area contributed by atoms with Crippen LogP contribution in [0, 0.1) is 0 Å². The second kappa shape index (κ2) is 6.66. The zero-order chi connectivity index (χ0) is 13.7. The maximum atomic E-state index is 10.0. The molecule has 0 amide bonds. The van der Waals surface area contributed by atoms with Crippen molar-refractivity contribution in [3.8, 4) is 0 Å². The molecule has 1 aromatic heterocycles. The van der Waals surface area contributed by atoms with Crippen LogP contribution in [0.3, 0.4) is 0 Å². The van der Waals surface area contributed by atoms with Gasteiger partial charge in [-0.05, 0) is 30.7 Å². The molecule has 0 aliphatic rings. The standard InChI is InChI=1S/C15H17ClN2O/c1-11(12-4-6-14(16)7-5-12)18-10-15(19)13-3-2-8-17-9-13/h2-9,11,15,18-19H,10H2,1H3/t11-,15+/m1/s1. The SMILES string of the molecule is C[C@@H](NC[C@H](O)c1cccnc1)c1ccc(Cl)cc1. The lowest BCUT2D eigenvalue weighted by atomic mass is 10.1. The zero-order valence-electron chi connectivity index (χ0n) is 10.8. The number of aromatic nitrogens is 1. The molecule has 0 saturated heterocycles. The van der Waals surface area contributed by atoms with E-state index in [2.05, 4.69) is 17.2 Å². The van der Waals surface area contributed by atoms with Crippen molar-refractivity contribution in [1.82, 2.24) is 10.3 Å². The average molecular weight is 277 g/mol. The summed E-state index contributed by atoms with van der Waals surface area (Å²) in [5, 5.41) is 14.1. The molecule has 19 heavy (non-hydrogen) atoms. The molecule has 1 aromatic carbocycles. The van der Waals surface area contributed by atoms with Gasteiger partial charge in [-0.2, -0.15) is 0 Å². The Morgan fingerprint density at radius 3 is 2.58 bits per heavy atom. The van der Waals surface area contributed by atoms with Crippen LogP contribution in [0.15, 0.2) is 48.8 Å². The van der Waals surface area contributed by atoms with Crippen molar-refractivity contribution < 1.29 is 5.11 Å². The average Bonchev–Trinajstić information content (AvgIpc) is 2.46. The smallest absolute Gasteiger partial charge is 0.0929 e. The Morgan fingerprint density at radius 2 is 1.95 bits per heavy atom. The van der Waals surface area contributed by atoms with Crippen molar-refractivity contribution in [3.05, 3.63) is 64.9 Å². The molecular formula is C15H17ClN2O. The first-order chi connectivity index (χ1) is 9.16. The topological polar surface area (TPSA) is 45.1 Å². The molecule has 0 aliphatic carbocycles. The number of nitrogens with one attached hydrogen (secondary N) is 1. The van der Waals surface area contributed by atoms with Gasteiger partial charge in [-0.3, -0.25) is 4.98 Å². The number of halogens is 1. The van der Waals surface area contributed by atoms with Crippen LogP contribution >= 0.6 is 11.6 Å². The predicted octanol–water partition coefficient (Wildman–Crippen LogP) is 3.12. The number of hydrogen-bond acceptors (Lipinski definition) is 3. The summed E-state index contributed by atoms with van der Waals surface area (Å²) in [7, 11) is 0. The van der Waals surface area contributed by atoms with Crippen LogP contribution in [0.1, 0.15) is 30.2 Å². The largest absolute Gasteiger partial charge is 0.387 e. The third-order valence-electron chi connectivity index (χ3n) is 3.06. The summed E-state index contributed by atoms with van der Waals surface area (Å²) in [4.78, 5) is 4.00. The number of benzene rings is 1. The Morgan fingerprint density at radius 1 is 1.21 bits per heavy atom. The van der Waals surface area contributed by atoms with Gasteiger partial charge in [0, 0.05) is 35.6 Å². The van der Waals surface area contributed by atoms with Crippen molar-refractivity contribution in [3.63, 3.8) is 0 Å². The first kappa shape index (κ1) is 14.0. The summed E-state index contributed by atoms with van der Waals surface area (Å²) in [5.41, 5.74) is 1.96. The molecule has 2 atom stereocenters. The fourth-order valence-corrected chi connectivity index (χ4v) is 1.97. The number of nitrogens with zero attached hydrogens (tertiary/aromatic N) is 1. The Labute approximate surface area is 118 Å². The van der Waals surface area contributed by atoms with Gasteiger partial charge in [0.15, 0.2) is 0 Å². The summed E-state index contributed by atoms with van der Waals surface area (Å²) in [5.74, 6) is 0. The Bertz CT molecular complexity index is 501. The molecule has 0 radical (unpaired) electrons. The van der Waals surface area contributed by atoms with Gasteiger partial charge in [0.1, 0.15) is 0 Å². The minimum Gasteiger partial charge on any atom is -0.387 e. The minimum atomic E-state index is -0.552. The van der Waals surface area contributed by atoms with E-state index in [0.717, 1.165) is 16.1 Å². The van der Waals surface area contributed by atoms with Crippen LogP contribution in [0.2, 0.25) is 5.02 Å². The highest BCUT2D eigenvalue weighted by Crippen LogP contribution is 2.17. The number of aliphatic hydroxyl groups is 1. The first-order valence-corrected chi connectivity index (χ1v) is 6.61. The van der Waals surface area contributed by atoms with Gasteiger partial charge in [0.25, 0.3) is 0 Å². The van der Waals surface area contributed by atoms with Gasteiger partial charge in [-0.1, -0.05) is 29.8 Å². The van der Waals surface area contributed by atoms with Crippen LogP contribution in [-0.4, -0.2) is 16.6 Å². The van der Waals surface area contributed by atoms with E-state index < -0.39 is 6.10 Å². The Balaban J connectivity index is 1.90. The summed E-state index contributed by atoms with van der Waals surface area (Å²) in [6.45, 7) is 2.54. The maximum Gasteiger partial charge on any atom is 0.0929 e. The molecular weight excluding hydrogens is 260 g/mol. The van der Waals surface area contributed by atoms with Gasteiger partial charge in [0.05, 0.1) is 6.10 Å². The fourth-order valence-electron chi connectivity index (χ4n) is 1.85. The molecule has 0 fully saturated rings. The molecule has 0 unspecified atom stereocenters. The van der Waals surface area contributed by atoms with Gasteiger partial charge in [-0.15, -0.1) is 0 Å². The van der Waals surface area contributed by atoms with Crippen LogP contribution in [0.4, 0.5) is 0 Å². The highest BCUT2D eigenvalue weighted by molar-refractivity contribution is 6.30. The lowest BCUT2D eigenvalue weighted by Crippen LogP contribution is -2.24. The molecule has 4 heteroatoms. The van der Waals surface area contributed by atoms with Crippen LogP contribution < -0.4 is 5.32 Å². The second-order valence-corrected chi connectivity index (χ2v) is 4.92. The number of pyridine rings is 1.